The summed E-state index contributed by atoms with van der Waals surface area (Å²) in [5, 5.41) is 3.13. The predicted octanol–water partition coefficient (Wildman–Crippen LogP) is 2.83. The lowest BCUT2D eigenvalue weighted by molar-refractivity contribution is -0.180. The molecule has 0 bridgehead atoms. The average molecular weight is 388 g/mol. The standard InChI is InChI=1S/C20H24N2O6/c1-19(2,3)27-18(26)21-12-20(10-6-7-11-20)17(25)28-22-15(23)13-8-4-5-9-14(13)16(22)24/h4-5,8-9H,6-7,10-12H2,1-3H3,(H,21,26). The van der Waals surface area contributed by atoms with Crippen LogP contribution in [-0.2, 0) is 14.4 Å². The van der Waals surface area contributed by atoms with E-state index in [0.717, 1.165) is 12.8 Å². The van der Waals surface area contributed by atoms with Gasteiger partial charge in [-0.25, -0.2) is 9.59 Å². The van der Waals surface area contributed by atoms with Gasteiger partial charge in [0, 0.05) is 6.54 Å². The zero-order valence-corrected chi connectivity index (χ0v) is 16.2. The number of hydroxylamine groups is 2. The number of imide groups is 1. The predicted molar refractivity (Wildman–Crippen MR) is 98.2 cm³/mol. The minimum absolute atomic E-state index is 0.0178. The lowest BCUT2D eigenvalue weighted by Crippen LogP contribution is -2.46. The maximum Gasteiger partial charge on any atom is 0.407 e. The van der Waals surface area contributed by atoms with E-state index in [2.05, 4.69) is 5.32 Å². The van der Waals surface area contributed by atoms with Crippen LogP contribution in [0, 0.1) is 5.41 Å². The second kappa shape index (κ2) is 7.26. The number of nitrogens with one attached hydrogen (secondary N) is 1. The summed E-state index contributed by atoms with van der Waals surface area (Å²) in [7, 11) is 0. The van der Waals surface area contributed by atoms with Gasteiger partial charge in [-0.15, -0.1) is 0 Å². The molecule has 1 heterocycles. The molecule has 1 fully saturated rings. The van der Waals surface area contributed by atoms with E-state index in [-0.39, 0.29) is 17.7 Å². The maximum atomic E-state index is 12.9. The van der Waals surface area contributed by atoms with E-state index in [1.807, 2.05) is 0 Å². The number of benzene rings is 1. The molecule has 3 amide bonds. The van der Waals surface area contributed by atoms with Crippen molar-refractivity contribution in [2.75, 3.05) is 6.54 Å². The van der Waals surface area contributed by atoms with Crippen molar-refractivity contribution in [3.63, 3.8) is 0 Å². The highest BCUT2D eigenvalue weighted by Gasteiger charge is 2.47. The molecular weight excluding hydrogens is 364 g/mol. The second-order valence-corrected chi connectivity index (χ2v) is 8.17. The third-order valence-corrected chi connectivity index (χ3v) is 4.89. The number of hydrogen-bond donors (Lipinski definition) is 1. The van der Waals surface area contributed by atoms with Gasteiger partial charge in [0.25, 0.3) is 11.8 Å². The number of alkyl carbamates (subject to hydrolysis) is 1. The van der Waals surface area contributed by atoms with Gasteiger partial charge in [0.2, 0.25) is 0 Å². The summed E-state index contributed by atoms with van der Waals surface area (Å²) >= 11 is 0. The summed E-state index contributed by atoms with van der Waals surface area (Å²) in [5.74, 6) is -2.03. The number of nitrogens with zero attached hydrogens (tertiary/aromatic N) is 1. The third kappa shape index (κ3) is 3.85. The Morgan fingerprint density at radius 3 is 2.11 bits per heavy atom. The molecule has 150 valence electrons. The van der Waals surface area contributed by atoms with Crippen LogP contribution in [0.3, 0.4) is 0 Å². The summed E-state index contributed by atoms with van der Waals surface area (Å²) in [6.07, 6.45) is 1.92. The molecule has 3 rings (SSSR count). The number of rotatable bonds is 4. The third-order valence-electron chi connectivity index (χ3n) is 4.89. The molecule has 2 aliphatic rings. The minimum atomic E-state index is -0.994. The largest absolute Gasteiger partial charge is 0.444 e. The van der Waals surface area contributed by atoms with E-state index >= 15 is 0 Å². The Hall–Kier alpha value is -2.90. The first kappa shape index (κ1) is 19.9. The molecule has 1 aliphatic carbocycles. The molecular formula is C20H24N2O6. The monoisotopic (exact) mass is 388 g/mol. The number of fused-ring (bicyclic) bond motifs is 1. The summed E-state index contributed by atoms with van der Waals surface area (Å²) < 4.78 is 5.21. The number of carbonyl (C=O) groups is 4. The Bertz CT molecular complexity index is 785. The Kier molecular flexibility index (Phi) is 5.14. The van der Waals surface area contributed by atoms with Gasteiger partial charge >= 0.3 is 12.1 Å². The van der Waals surface area contributed by atoms with Crippen molar-refractivity contribution in [2.45, 2.75) is 52.1 Å². The first-order valence-electron chi connectivity index (χ1n) is 9.30. The Balaban J connectivity index is 1.70. The van der Waals surface area contributed by atoms with E-state index in [1.54, 1.807) is 32.9 Å². The van der Waals surface area contributed by atoms with Gasteiger partial charge in [-0.2, -0.15) is 0 Å². The second-order valence-electron chi connectivity index (χ2n) is 8.17. The molecule has 0 spiro atoms. The zero-order valence-electron chi connectivity index (χ0n) is 16.2. The highest BCUT2D eigenvalue weighted by Crippen LogP contribution is 2.39. The number of carbonyl (C=O) groups excluding carboxylic acids is 4. The maximum absolute atomic E-state index is 12.9. The molecule has 0 atom stereocenters. The van der Waals surface area contributed by atoms with Crippen molar-refractivity contribution in [1.29, 1.82) is 0 Å². The first-order chi connectivity index (χ1) is 13.1. The van der Waals surface area contributed by atoms with Gasteiger partial charge < -0.3 is 14.9 Å². The van der Waals surface area contributed by atoms with E-state index in [1.165, 1.54) is 12.1 Å². The van der Waals surface area contributed by atoms with Crippen LogP contribution in [0.4, 0.5) is 4.79 Å². The summed E-state index contributed by atoms with van der Waals surface area (Å²) in [6, 6.07) is 6.30. The van der Waals surface area contributed by atoms with Crippen LogP contribution >= 0.6 is 0 Å². The van der Waals surface area contributed by atoms with Gasteiger partial charge in [0.1, 0.15) is 5.60 Å². The van der Waals surface area contributed by atoms with Crippen molar-refractivity contribution < 1.29 is 28.8 Å². The molecule has 1 aliphatic heterocycles. The summed E-state index contributed by atoms with van der Waals surface area (Å²) in [6.45, 7) is 5.25. The minimum Gasteiger partial charge on any atom is -0.444 e. The van der Waals surface area contributed by atoms with Gasteiger partial charge in [-0.3, -0.25) is 9.59 Å². The fraction of sp³-hybridized carbons (Fsp3) is 0.500. The van der Waals surface area contributed by atoms with Crippen molar-refractivity contribution >= 4 is 23.9 Å². The normalized spacial score (nSPS) is 18.0. The number of hydrogen-bond acceptors (Lipinski definition) is 6. The van der Waals surface area contributed by atoms with Crippen molar-refractivity contribution in [3.8, 4) is 0 Å². The summed E-state index contributed by atoms with van der Waals surface area (Å²) in [5.41, 5.74) is -1.25. The molecule has 28 heavy (non-hydrogen) atoms. The molecule has 1 aromatic carbocycles. The quantitative estimate of drug-likeness (QED) is 0.796. The van der Waals surface area contributed by atoms with Gasteiger partial charge in [-0.1, -0.05) is 30.0 Å². The van der Waals surface area contributed by atoms with Crippen LogP contribution in [0.1, 0.15) is 67.2 Å². The SMILES string of the molecule is CC(C)(C)OC(=O)NCC1(C(=O)ON2C(=O)c3ccccc3C2=O)CCCC1. The number of ether oxygens (including phenoxy) is 1. The van der Waals surface area contributed by atoms with Crippen LogP contribution in [0.15, 0.2) is 24.3 Å². The molecule has 1 saturated carbocycles. The lowest BCUT2D eigenvalue weighted by Gasteiger charge is -2.28. The van der Waals surface area contributed by atoms with E-state index in [4.69, 9.17) is 9.57 Å². The van der Waals surface area contributed by atoms with Crippen LogP contribution in [0.5, 0.6) is 0 Å². The van der Waals surface area contributed by atoms with Crippen molar-refractivity contribution in [3.05, 3.63) is 35.4 Å². The van der Waals surface area contributed by atoms with E-state index < -0.39 is 34.9 Å². The number of amides is 3. The first-order valence-corrected chi connectivity index (χ1v) is 9.30. The van der Waals surface area contributed by atoms with Crippen LogP contribution in [0.2, 0.25) is 0 Å². The van der Waals surface area contributed by atoms with Crippen LogP contribution in [0.25, 0.3) is 0 Å². The Morgan fingerprint density at radius 2 is 1.61 bits per heavy atom. The van der Waals surface area contributed by atoms with Crippen LogP contribution in [-0.4, -0.2) is 41.1 Å². The van der Waals surface area contributed by atoms with Gasteiger partial charge in [-0.05, 0) is 45.7 Å². The molecule has 0 unspecified atom stereocenters. The molecule has 8 heteroatoms. The van der Waals surface area contributed by atoms with Crippen molar-refractivity contribution in [2.24, 2.45) is 5.41 Å². The van der Waals surface area contributed by atoms with Crippen molar-refractivity contribution in [1.82, 2.24) is 10.4 Å². The molecule has 0 radical (unpaired) electrons. The smallest absolute Gasteiger partial charge is 0.407 e. The fourth-order valence-corrected chi connectivity index (χ4v) is 3.49. The Labute approximate surface area is 163 Å². The zero-order chi connectivity index (χ0) is 20.5. The molecule has 0 aromatic heterocycles. The molecule has 1 aromatic rings. The van der Waals surface area contributed by atoms with E-state index in [0.29, 0.717) is 17.9 Å². The molecule has 8 nitrogen and oxygen atoms in total. The molecule has 0 saturated heterocycles. The average Bonchev–Trinajstić information content (AvgIpc) is 3.20. The topological polar surface area (TPSA) is 102 Å². The van der Waals surface area contributed by atoms with Gasteiger partial charge in [0.15, 0.2) is 0 Å². The molecule has 1 N–H and O–H groups in total. The lowest BCUT2D eigenvalue weighted by atomic mass is 9.86. The van der Waals surface area contributed by atoms with Crippen LogP contribution < -0.4 is 5.32 Å². The van der Waals surface area contributed by atoms with Gasteiger partial charge in [0.05, 0.1) is 16.5 Å². The van der Waals surface area contributed by atoms with E-state index in [9.17, 15) is 19.2 Å². The Morgan fingerprint density at radius 1 is 1.07 bits per heavy atom. The highest BCUT2D eigenvalue weighted by molar-refractivity contribution is 6.20. The summed E-state index contributed by atoms with van der Waals surface area (Å²) in [4.78, 5) is 55.0. The fourth-order valence-electron chi connectivity index (χ4n) is 3.49. The highest BCUT2D eigenvalue weighted by atomic mass is 16.7.